The van der Waals surface area contributed by atoms with Gasteiger partial charge in [-0.15, -0.1) is 0 Å². The molecule has 1 aliphatic heterocycles. The summed E-state index contributed by atoms with van der Waals surface area (Å²) in [6, 6.07) is 10.8. The molecule has 0 aromatic heterocycles. The normalized spacial score (nSPS) is 13.8. The Bertz CT molecular complexity index is 986. The number of aliphatic imine (C=N–C) groups is 1. The Kier molecular flexibility index (Phi) is 4.81. The summed E-state index contributed by atoms with van der Waals surface area (Å²) in [5.41, 5.74) is 1.63. The third-order valence-corrected chi connectivity index (χ3v) is 4.93. The number of aromatic hydroxyl groups is 2. The Morgan fingerprint density at radius 1 is 1.15 bits per heavy atom. The van der Waals surface area contributed by atoms with Gasteiger partial charge in [0.2, 0.25) is 16.0 Å². The SMILES string of the molecule is O=C(CS(=O)(=O)NC1=Nc2ccccc2CCN1)c1ccc(O)c(O)c1. The number of phenolic OH excluding ortho intramolecular Hbond substituents is 2. The number of carbonyl (C=O) groups excluding carboxylic acids is 1. The standard InChI is InChI=1S/C17H17N3O5S/c21-14-6-5-12(9-15(14)22)16(23)10-26(24,25)20-17-18-8-7-11-3-1-2-4-13(11)19-17/h1-6,9,21-22H,7-8,10H2,(H2,18,19,20). The lowest BCUT2D eigenvalue weighted by Gasteiger charge is -2.10. The van der Waals surface area contributed by atoms with Gasteiger partial charge in [0, 0.05) is 12.1 Å². The Morgan fingerprint density at radius 2 is 1.92 bits per heavy atom. The van der Waals surface area contributed by atoms with Crippen molar-refractivity contribution < 1.29 is 23.4 Å². The first-order valence-electron chi connectivity index (χ1n) is 7.80. The van der Waals surface area contributed by atoms with Crippen LogP contribution in [0.1, 0.15) is 15.9 Å². The lowest BCUT2D eigenvalue weighted by atomic mass is 10.1. The fraction of sp³-hybridized carbons (Fsp3) is 0.176. The van der Waals surface area contributed by atoms with Gasteiger partial charge in [0.25, 0.3) is 0 Å². The molecule has 0 fully saturated rings. The zero-order chi connectivity index (χ0) is 18.7. The first kappa shape index (κ1) is 17.7. The highest BCUT2D eigenvalue weighted by Gasteiger charge is 2.21. The number of Topliss-reactive ketones (excluding diaryl/α,β-unsaturated/α-hetero) is 1. The van der Waals surface area contributed by atoms with Crippen LogP contribution in [0.4, 0.5) is 5.69 Å². The molecule has 0 spiro atoms. The molecule has 2 aromatic carbocycles. The number of rotatable bonds is 4. The average Bonchev–Trinajstić information content (AvgIpc) is 2.77. The van der Waals surface area contributed by atoms with E-state index in [1.54, 1.807) is 12.1 Å². The van der Waals surface area contributed by atoms with E-state index in [9.17, 15) is 23.4 Å². The highest BCUT2D eigenvalue weighted by atomic mass is 32.2. The smallest absolute Gasteiger partial charge is 0.242 e. The fourth-order valence-corrected chi connectivity index (χ4v) is 3.50. The van der Waals surface area contributed by atoms with Crippen LogP contribution in [0.3, 0.4) is 0 Å². The van der Waals surface area contributed by atoms with Crippen LogP contribution in [0, 0.1) is 0 Å². The van der Waals surface area contributed by atoms with Gasteiger partial charge in [0.05, 0.1) is 5.69 Å². The number of ketones is 1. The minimum absolute atomic E-state index is 0.0215. The van der Waals surface area contributed by atoms with Gasteiger partial charge in [-0.1, -0.05) is 18.2 Å². The van der Waals surface area contributed by atoms with Crippen molar-refractivity contribution in [3.8, 4) is 11.5 Å². The number of nitrogens with one attached hydrogen (secondary N) is 2. The predicted molar refractivity (Wildman–Crippen MR) is 96.3 cm³/mol. The molecule has 1 heterocycles. The number of guanidine groups is 1. The number of carbonyl (C=O) groups is 1. The number of fused-ring (bicyclic) bond motifs is 1. The summed E-state index contributed by atoms with van der Waals surface area (Å²) >= 11 is 0. The molecule has 0 radical (unpaired) electrons. The highest BCUT2D eigenvalue weighted by Crippen LogP contribution is 2.25. The number of para-hydroxylation sites is 1. The van der Waals surface area contributed by atoms with Crippen molar-refractivity contribution in [1.82, 2.24) is 10.0 Å². The molecule has 0 aliphatic carbocycles. The molecule has 0 unspecified atom stereocenters. The van der Waals surface area contributed by atoms with E-state index in [0.29, 0.717) is 18.7 Å². The van der Waals surface area contributed by atoms with Gasteiger partial charge in [-0.3, -0.25) is 9.52 Å². The minimum atomic E-state index is -4.01. The maximum absolute atomic E-state index is 12.3. The number of sulfonamides is 1. The van der Waals surface area contributed by atoms with Crippen molar-refractivity contribution >= 4 is 27.5 Å². The summed E-state index contributed by atoms with van der Waals surface area (Å²) in [6.07, 6.45) is 0.691. The number of nitrogens with zero attached hydrogens (tertiary/aromatic N) is 1. The Hall–Kier alpha value is -3.07. The second kappa shape index (κ2) is 7.04. The molecule has 0 saturated carbocycles. The Labute approximate surface area is 150 Å². The third-order valence-electron chi connectivity index (χ3n) is 3.78. The second-order valence-electron chi connectivity index (χ2n) is 5.75. The number of phenols is 2. The van der Waals surface area contributed by atoms with Crippen molar-refractivity contribution in [2.75, 3.05) is 12.3 Å². The molecule has 0 amide bonds. The van der Waals surface area contributed by atoms with Crippen LogP contribution in [0.2, 0.25) is 0 Å². The van der Waals surface area contributed by atoms with Crippen LogP contribution < -0.4 is 10.0 Å². The van der Waals surface area contributed by atoms with Gasteiger partial charge in [-0.25, -0.2) is 13.4 Å². The summed E-state index contributed by atoms with van der Waals surface area (Å²) in [7, 11) is -4.01. The van der Waals surface area contributed by atoms with Gasteiger partial charge in [-0.2, -0.15) is 0 Å². The number of hydrogen-bond acceptors (Lipinski definition) is 7. The molecule has 0 atom stereocenters. The van der Waals surface area contributed by atoms with E-state index in [-0.39, 0.29) is 11.5 Å². The van der Waals surface area contributed by atoms with Crippen molar-refractivity contribution in [3.05, 3.63) is 53.6 Å². The summed E-state index contributed by atoms with van der Waals surface area (Å²) in [6.45, 7) is 0.498. The molecule has 0 bridgehead atoms. The van der Waals surface area contributed by atoms with Crippen molar-refractivity contribution in [1.29, 1.82) is 0 Å². The average molecular weight is 375 g/mol. The molecule has 4 N–H and O–H groups in total. The highest BCUT2D eigenvalue weighted by molar-refractivity contribution is 7.90. The number of benzene rings is 2. The van der Waals surface area contributed by atoms with Gasteiger partial charge in [0.1, 0.15) is 5.75 Å². The largest absolute Gasteiger partial charge is 0.504 e. The van der Waals surface area contributed by atoms with Crippen LogP contribution in [0.15, 0.2) is 47.5 Å². The first-order valence-corrected chi connectivity index (χ1v) is 9.45. The van der Waals surface area contributed by atoms with Crippen molar-refractivity contribution in [3.63, 3.8) is 0 Å². The van der Waals surface area contributed by atoms with Crippen LogP contribution in [0.5, 0.6) is 11.5 Å². The maximum Gasteiger partial charge on any atom is 0.242 e. The molecule has 26 heavy (non-hydrogen) atoms. The summed E-state index contributed by atoms with van der Waals surface area (Å²) in [4.78, 5) is 16.4. The van der Waals surface area contributed by atoms with Crippen LogP contribution in [-0.4, -0.2) is 42.7 Å². The zero-order valence-corrected chi connectivity index (χ0v) is 14.5. The third kappa shape index (κ3) is 4.12. The van der Waals surface area contributed by atoms with Gasteiger partial charge >= 0.3 is 0 Å². The predicted octanol–water partition coefficient (Wildman–Crippen LogP) is 1.03. The monoisotopic (exact) mass is 375 g/mol. The van der Waals surface area contributed by atoms with Gasteiger partial charge in [0.15, 0.2) is 17.3 Å². The van der Waals surface area contributed by atoms with E-state index in [4.69, 9.17) is 0 Å². The number of hydrogen-bond donors (Lipinski definition) is 4. The molecule has 9 heteroatoms. The topological polar surface area (TPSA) is 128 Å². The second-order valence-corrected chi connectivity index (χ2v) is 7.48. The van der Waals surface area contributed by atoms with E-state index >= 15 is 0 Å². The Balaban J connectivity index is 1.75. The summed E-state index contributed by atoms with van der Waals surface area (Å²) in [5.74, 6) is -2.37. The van der Waals surface area contributed by atoms with E-state index in [1.807, 2.05) is 12.1 Å². The van der Waals surface area contributed by atoms with E-state index in [1.165, 1.54) is 6.07 Å². The molecule has 2 aromatic rings. The van der Waals surface area contributed by atoms with Crippen LogP contribution in [0.25, 0.3) is 0 Å². The van der Waals surface area contributed by atoms with Crippen molar-refractivity contribution in [2.24, 2.45) is 4.99 Å². The van der Waals surface area contributed by atoms with Gasteiger partial charge in [-0.05, 0) is 36.2 Å². The van der Waals surface area contributed by atoms with Gasteiger partial charge < -0.3 is 15.5 Å². The van der Waals surface area contributed by atoms with Crippen LogP contribution >= 0.6 is 0 Å². The molecule has 0 saturated heterocycles. The fourth-order valence-electron chi connectivity index (χ4n) is 2.50. The van der Waals surface area contributed by atoms with E-state index in [2.05, 4.69) is 15.0 Å². The summed E-state index contributed by atoms with van der Waals surface area (Å²) in [5, 5.41) is 21.6. The Morgan fingerprint density at radius 3 is 2.69 bits per heavy atom. The molecule has 3 rings (SSSR count). The minimum Gasteiger partial charge on any atom is -0.504 e. The molecular weight excluding hydrogens is 358 g/mol. The van der Waals surface area contributed by atoms with E-state index < -0.39 is 33.1 Å². The lowest BCUT2D eigenvalue weighted by Crippen LogP contribution is -2.43. The summed E-state index contributed by atoms with van der Waals surface area (Å²) < 4.78 is 26.9. The molecule has 1 aliphatic rings. The lowest BCUT2D eigenvalue weighted by molar-refractivity contribution is 0.102. The molecular formula is C17H17N3O5S. The first-order chi connectivity index (χ1) is 12.3. The van der Waals surface area contributed by atoms with E-state index in [0.717, 1.165) is 17.7 Å². The van der Waals surface area contributed by atoms with Crippen molar-refractivity contribution in [2.45, 2.75) is 6.42 Å². The molecule has 136 valence electrons. The zero-order valence-electron chi connectivity index (χ0n) is 13.6. The molecule has 8 nitrogen and oxygen atoms in total. The maximum atomic E-state index is 12.3. The van der Waals surface area contributed by atoms with Crippen LogP contribution in [-0.2, 0) is 16.4 Å². The quantitative estimate of drug-likeness (QED) is 0.467.